The van der Waals surface area contributed by atoms with E-state index in [1.165, 1.54) is 0 Å². The standard InChI is InChI=1S/C17H22N2O2/c1-12-8-10-19(11-9-12)17(21)14-4-6-15(7-5-14)18-16(20)13-2-3-13/h4-7,12-13H,2-3,8-11H2,1H3,(H,18,20). The third kappa shape index (κ3) is 3.43. The van der Waals surface area contributed by atoms with E-state index in [2.05, 4.69) is 12.2 Å². The van der Waals surface area contributed by atoms with E-state index < -0.39 is 0 Å². The van der Waals surface area contributed by atoms with Gasteiger partial charge in [0.1, 0.15) is 0 Å². The molecule has 0 aromatic heterocycles. The van der Waals surface area contributed by atoms with Gasteiger partial charge in [-0.25, -0.2) is 0 Å². The average Bonchev–Trinajstić information content (AvgIpc) is 3.33. The number of piperidine rings is 1. The molecule has 2 amide bonds. The van der Waals surface area contributed by atoms with Crippen LogP contribution in [0.4, 0.5) is 5.69 Å². The highest BCUT2D eigenvalue weighted by Crippen LogP contribution is 2.30. The van der Waals surface area contributed by atoms with Gasteiger partial charge in [0.2, 0.25) is 5.91 Å². The Kier molecular flexibility index (Phi) is 3.95. The summed E-state index contributed by atoms with van der Waals surface area (Å²) in [5, 5.41) is 2.89. The van der Waals surface area contributed by atoms with Crippen molar-refractivity contribution in [2.75, 3.05) is 18.4 Å². The van der Waals surface area contributed by atoms with Gasteiger partial charge in [-0.05, 0) is 55.9 Å². The molecular formula is C17H22N2O2. The van der Waals surface area contributed by atoms with Crippen molar-refractivity contribution in [3.63, 3.8) is 0 Å². The predicted octanol–water partition coefficient (Wildman–Crippen LogP) is 2.91. The normalized spacial score (nSPS) is 19.4. The fourth-order valence-electron chi connectivity index (χ4n) is 2.68. The highest BCUT2D eigenvalue weighted by Gasteiger charge is 2.29. The summed E-state index contributed by atoms with van der Waals surface area (Å²) in [6, 6.07) is 7.26. The van der Waals surface area contributed by atoms with Crippen molar-refractivity contribution in [3.8, 4) is 0 Å². The quantitative estimate of drug-likeness (QED) is 0.928. The van der Waals surface area contributed by atoms with Crippen molar-refractivity contribution in [2.24, 2.45) is 11.8 Å². The molecule has 21 heavy (non-hydrogen) atoms. The Labute approximate surface area is 125 Å². The van der Waals surface area contributed by atoms with E-state index in [-0.39, 0.29) is 17.7 Å². The second-order valence-corrected chi connectivity index (χ2v) is 6.32. The highest BCUT2D eigenvalue weighted by molar-refractivity contribution is 5.96. The molecule has 0 unspecified atom stereocenters. The van der Waals surface area contributed by atoms with E-state index in [0.717, 1.165) is 44.5 Å². The van der Waals surface area contributed by atoms with Crippen LogP contribution in [0.1, 0.15) is 43.0 Å². The number of likely N-dealkylation sites (tertiary alicyclic amines) is 1. The topological polar surface area (TPSA) is 49.4 Å². The lowest BCUT2D eigenvalue weighted by Crippen LogP contribution is -2.37. The summed E-state index contributed by atoms with van der Waals surface area (Å²) in [6.07, 6.45) is 4.16. The number of anilines is 1. The van der Waals surface area contributed by atoms with Crippen LogP contribution in [0.2, 0.25) is 0 Å². The molecule has 1 aromatic carbocycles. The minimum atomic E-state index is 0.0964. The molecule has 4 nitrogen and oxygen atoms in total. The van der Waals surface area contributed by atoms with Gasteiger partial charge in [0, 0.05) is 30.3 Å². The molecule has 0 atom stereocenters. The van der Waals surface area contributed by atoms with Crippen molar-refractivity contribution in [2.45, 2.75) is 32.6 Å². The lowest BCUT2D eigenvalue weighted by molar-refractivity contribution is -0.117. The molecule has 112 valence electrons. The maximum Gasteiger partial charge on any atom is 0.253 e. The monoisotopic (exact) mass is 286 g/mol. The fraction of sp³-hybridized carbons (Fsp3) is 0.529. The molecule has 0 radical (unpaired) electrons. The first-order chi connectivity index (χ1) is 10.1. The zero-order chi connectivity index (χ0) is 14.8. The number of hydrogen-bond donors (Lipinski definition) is 1. The molecule has 1 N–H and O–H groups in total. The Balaban J connectivity index is 1.60. The van der Waals surface area contributed by atoms with Gasteiger partial charge in [-0.3, -0.25) is 9.59 Å². The molecular weight excluding hydrogens is 264 g/mol. The Bertz CT molecular complexity index is 526. The lowest BCUT2D eigenvalue weighted by Gasteiger charge is -2.30. The molecule has 1 saturated heterocycles. The molecule has 2 fully saturated rings. The maximum atomic E-state index is 12.4. The molecule has 3 rings (SSSR count). The van der Waals surface area contributed by atoms with Crippen LogP contribution in [-0.2, 0) is 4.79 Å². The Morgan fingerprint density at radius 3 is 2.24 bits per heavy atom. The summed E-state index contributed by atoms with van der Waals surface area (Å²) in [7, 11) is 0. The minimum Gasteiger partial charge on any atom is -0.339 e. The summed E-state index contributed by atoms with van der Waals surface area (Å²) in [5.41, 5.74) is 1.48. The summed E-state index contributed by atoms with van der Waals surface area (Å²) < 4.78 is 0. The summed E-state index contributed by atoms with van der Waals surface area (Å²) in [6.45, 7) is 3.93. The van der Waals surface area contributed by atoms with E-state index in [0.29, 0.717) is 11.5 Å². The zero-order valence-corrected chi connectivity index (χ0v) is 12.5. The van der Waals surface area contributed by atoms with Crippen LogP contribution in [0.25, 0.3) is 0 Å². The van der Waals surface area contributed by atoms with Crippen molar-refractivity contribution >= 4 is 17.5 Å². The van der Waals surface area contributed by atoms with E-state index >= 15 is 0 Å². The van der Waals surface area contributed by atoms with Crippen molar-refractivity contribution in [1.29, 1.82) is 0 Å². The van der Waals surface area contributed by atoms with Gasteiger partial charge < -0.3 is 10.2 Å². The number of nitrogens with one attached hydrogen (secondary N) is 1. The van der Waals surface area contributed by atoms with Gasteiger partial charge in [-0.2, -0.15) is 0 Å². The molecule has 1 aromatic rings. The number of carbonyl (C=O) groups excluding carboxylic acids is 2. The molecule has 2 aliphatic rings. The number of rotatable bonds is 3. The zero-order valence-electron chi connectivity index (χ0n) is 12.5. The van der Waals surface area contributed by atoms with E-state index in [1.54, 1.807) is 0 Å². The molecule has 1 aliphatic carbocycles. The van der Waals surface area contributed by atoms with Gasteiger partial charge in [0.05, 0.1) is 0 Å². The van der Waals surface area contributed by atoms with Crippen LogP contribution < -0.4 is 5.32 Å². The second-order valence-electron chi connectivity index (χ2n) is 6.32. The summed E-state index contributed by atoms with van der Waals surface area (Å²) >= 11 is 0. The third-order valence-corrected chi connectivity index (χ3v) is 4.42. The van der Waals surface area contributed by atoms with Crippen LogP contribution in [0, 0.1) is 11.8 Å². The Morgan fingerprint density at radius 2 is 1.67 bits per heavy atom. The van der Waals surface area contributed by atoms with Crippen LogP contribution in [0.15, 0.2) is 24.3 Å². The van der Waals surface area contributed by atoms with Crippen LogP contribution in [0.5, 0.6) is 0 Å². The number of carbonyl (C=O) groups is 2. The summed E-state index contributed by atoms with van der Waals surface area (Å²) in [5.74, 6) is 1.11. The molecule has 0 bridgehead atoms. The predicted molar refractivity (Wildman–Crippen MR) is 82.1 cm³/mol. The van der Waals surface area contributed by atoms with E-state index in [9.17, 15) is 9.59 Å². The van der Waals surface area contributed by atoms with Crippen molar-refractivity contribution in [3.05, 3.63) is 29.8 Å². The van der Waals surface area contributed by atoms with E-state index in [4.69, 9.17) is 0 Å². The van der Waals surface area contributed by atoms with Crippen molar-refractivity contribution < 1.29 is 9.59 Å². The summed E-state index contributed by atoms with van der Waals surface area (Å²) in [4.78, 5) is 26.0. The number of benzene rings is 1. The van der Waals surface area contributed by atoms with Crippen LogP contribution in [0.3, 0.4) is 0 Å². The first-order valence-corrected chi connectivity index (χ1v) is 7.83. The number of nitrogens with zero attached hydrogens (tertiary/aromatic N) is 1. The third-order valence-electron chi connectivity index (χ3n) is 4.42. The van der Waals surface area contributed by atoms with Gasteiger partial charge in [0.25, 0.3) is 5.91 Å². The Morgan fingerprint density at radius 1 is 1.05 bits per heavy atom. The molecule has 1 heterocycles. The van der Waals surface area contributed by atoms with Gasteiger partial charge in [-0.1, -0.05) is 6.92 Å². The SMILES string of the molecule is CC1CCN(C(=O)c2ccc(NC(=O)C3CC3)cc2)CC1. The minimum absolute atomic E-state index is 0.0964. The molecule has 1 aliphatic heterocycles. The largest absolute Gasteiger partial charge is 0.339 e. The first-order valence-electron chi connectivity index (χ1n) is 7.83. The molecule has 4 heteroatoms. The average molecular weight is 286 g/mol. The van der Waals surface area contributed by atoms with Crippen LogP contribution >= 0.6 is 0 Å². The molecule has 1 saturated carbocycles. The van der Waals surface area contributed by atoms with Gasteiger partial charge in [0.15, 0.2) is 0 Å². The lowest BCUT2D eigenvalue weighted by atomic mass is 9.98. The maximum absolute atomic E-state index is 12.4. The van der Waals surface area contributed by atoms with Gasteiger partial charge in [-0.15, -0.1) is 0 Å². The molecule has 0 spiro atoms. The highest BCUT2D eigenvalue weighted by atomic mass is 16.2. The first kappa shape index (κ1) is 14.1. The fourth-order valence-corrected chi connectivity index (χ4v) is 2.68. The van der Waals surface area contributed by atoms with Crippen molar-refractivity contribution in [1.82, 2.24) is 4.90 Å². The van der Waals surface area contributed by atoms with Gasteiger partial charge >= 0.3 is 0 Å². The second kappa shape index (κ2) is 5.88. The van der Waals surface area contributed by atoms with E-state index in [1.807, 2.05) is 29.2 Å². The number of hydrogen-bond acceptors (Lipinski definition) is 2. The van der Waals surface area contributed by atoms with Crippen LogP contribution in [-0.4, -0.2) is 29.8 Å². The smallest absolute Gasteiger partial charge is 0.253 e. The Hall–Kier alpha value is -1.84. The number of amides is 2.